The van der Waals surface area contributed by atoms with Crippen molar-refractivity contribution in [1.29, 1.82) is 0 Å². The van der Waals surface area contributed by atoms with Crippen molar-refractivity contribution in [2.24, 2.45) is 0 Å². The summed E-state index contributed by atoms with van der Waals surface area (Å²) in [6.07, 6.45) is -0.112. The molecule has 0 spiro atoms. The molecule has 0 saturated heterocycles. The molecule has 102 valence electrons. The zero-order valence-corrected chi connectivity index (χ0v) is 11.0. The van der Waals surface area contributed by atoms with Crippen molar-refractivity contribution in [2.45, 2.75) is 26.9 Å². The molecule has 0 fully saturated rings. The van der Waals surface area contributed by atoms with Gasteiger partial charge < -0.3 is 19.9 Å². The SMILES string of the molecule is CCOCCOc1cc(OC(C)C)c(F)cc1N. The first-order valence-corrected chi connectivity index (χ1v) is 6.00. The molecule has 1 aromatic carbocycles. The Labute approximate surface area is 107 Å². The molecule has 0 atom stereocenters. The van der Waals surface area contributed by atoms with E-state index in [1.165, 1.54) is 12.1 Å². The summed E-state index contributed by atoms with van der Waals surface area (Å²) in [6.45, 7) is 7.01. The van der Waals surface area contributed by atoms with Gasteiger partial charge in [0.25, 0.3) is 0 Å². The second kappa shape index (κ2) is 7.06. The second-order valence-corrected chi connectivity index (χ2v) is 4.03. The van der Waals surface area contributed by atoms with Gasteiger partial charge in [0.05, 0.1) is 18.4 Å². The van der Waals surface area contributed by atoms with Crippen LogP contribution in [0, 0.1) is 5.82 Å². The van der Waals surface area contributed by atoms with Crippen molar-refractivity contribution >= 4 is 5.69 Å². The van der Waals surface area contributed by atoms with Crippen molar-refractivity contribution in [1.82, 2.24) is 0 Å². The molecule has 2 N–H and O–H groups in total. The summed E-state index contributed by atoms with van der Waals surface area (Å²) < 4.78 is 29.4. The lowest BCUT2D eigenvalue weighted by molar-refractivity contribution is 0.110. The summed E-state index contributed by atoms with van der Waals surface area (Å²) in [4.78, 5) is 0. The highest BCUT2D eigenvalue weighted by atomic mass is 19.1. The van der Waals surface area contributed by atoms with Crippen LogP contribution in [0.15, 0.2) is 12.1 Å². The molecule has 1 aromatic rings. The van der Waals surface area contributed by atoms with Crippen LogP contribution in [-0.2, 0) is 4.74 Å². The summed E-state index contributed by atoms with van der Waals surface area (Å²) in [5.74, 6) is 0.0655. The molecule has 1 rings (SSSR count). The van der Waals surface area contributed by atoms with Gasteiger partial charge >= 0.3 is 0 Å². The molecule has 0 aliphatic carbocycles. The second-order valence-electron chi connectivity index (χ2n) is 4.03. The Morgan fingerprint density at radius 1 is 1.22 bits per heavy atom. The third-order valence-electron chi connectivity index (χ3n) is 2.12. The number of halogens is 1. The minimum Gasteiger partial charge on any atom is -0.489 e. The number of ether oxygens (including phenoxy) is 3. The van der Waals surface area contributed by atoms with E-state index in [-0.39, 0.29) is 17.5 Å². The van der Waals surface area contributed by atoms with Gasteiger partial charge in [-0.15, -0.1) is 0 Å². The molecule has 0 aliphatic rings. The standard InChI is InChI=1S/C13H20FNO3/c1-4-16-5-6-17-13-8-12(18-9(2)3)10(14)7-11(13)15/h7-9H,4-6,15H2,1-3H3. The van der Waals surface area contributed by atoms with Crippen molar-refractivity contribution in [2.75, 3.05) is 25.6 Å². The molecule has 0 amide bonds. The summed E-state index contributed by atoms with van der Waals surface area (Å²) in [7, 11) is 0. The van der Waals surface area contributed by atoms with E-state index in [9.17, 15) is 4.39 Å². The molecule has 5 heteroatoms. The number of nitrogens with two attached hydrogens (primary N) is 1. The summed E-state index contributed by atoms with van der Waals surface area (Å²) >= 11 is 0. The highest BCUT2D eigenvalue weighted by Crippen LogP contribution is 2.30. The van der Waals surface area contributed by atoms with Crippen LogP contribution in [-0.4, -0.2) is 25.9 Å². The Balaban J connectivity index is 2.71. The van der Waals surface area contributed by atoms with Gasteiger partial charge in [-0.05, 0) is 20.8 Å². The summed E-state index contributed by atoms with van der Waals surface area (Å²) in [6, 6.07) is 2.67. The van der Waals surface area contributed by atoms with Crippen LogP contribution in [0.4, 0.5) is 10.1 Å². The molecule has 0 unspecified atom stereocenters. The van der Waals surface area contributed by atoms with Crippen molar-refractivity contribution in [3.8, 4) is 11.5 Å². The number of rotatable bonds is 7. The van der Waals surface area contributed by atoms with Crippen molar-refractivity contribution < 1.29 is 18.6 Å². The molecule has 4 nitrogen and oxygen atoms in total. The zero-order chi connectivity index (χ0) is 13.5. The average molecular weight is 257 g/mol. The first-order valence-electron chi connectivity index (χ1n) is 6.00. The maximum Gasteiger partial charge on any atom is 0.167 e. The highest BCUT2D eigenvalue weighted by Gasteiger charge is 2.11. The zero-order valence-electron chi connectivity index (χ0n) is 11.0. The third kappa shape index (κ3) is 4.41. The van der Waals surface area contributed by atoms with Crippen LogP contribution in [0.5, 0.6) is 11.5 Å². The Morgan fingerprint density at radius 3 is 2.56 bits per heavy atom. The fourth-order valence-electron chi connectivity index (χ4n) is 1.37. The molecule has 18 heavy (non-hydrogen) atoms. The maximum atomic E-state index is 13.5. The van der Waals surface area contributed by atoms with Gasteiger partial charge in [0, 0.05) is 18.7 Å². The molecule has 0 aliphatic heterocycles. The molecular weight excluding hydrogens is 237 g/mol. The Morgan fingerprint density at radius 2 is 1.94 bits per heavy atom. The maximum absolute atomic E-state index is 13.5. The van der Waals surface area contributed by atoms with Crippen LogP contribution in [0.1, 0.15) is 20.8 Å². The molecule has 0 aromatic heterocycles. The minimum atomic E-state index is -0.488. The Hall–Kier alpha value is -1.49. The Kier molecular flexibility index (Phi) is 5.71. The fraction of sp³-hybridized carbons (Fsp3) is 0.538. The van der Waals surface area contributed by atoms with E-state index >= 15 is 0 Å². The van der Waals surface area contributed by atoms with Crippen LogP contribution in [0.3, 0.4) is 0 Å². The number of nitrogen functional groups attached to an aromatic ring is 1. The molecule has 0 heterocycles. The van der Waals surface area contributed by atoms with Crippen molar-refractivity contribution in [3.63, 3.8) is 0 Å². The third-order valence-corrected chi connectivity index (χ3v) is 2.12. The summed E-state index contributed by atoms with van der Waals surface area (Å²) in [5, 5.41) is 0. The Bertz CT molecular complexity index is 383. The van der Waals surface area contributed by atoms with Crippen LogP contribution in [0.25, 0.3) is 0 Å². The van der Waals surface area contributed by atoms with Crippen LogP contribution >= 0.6 is 0 Å². The molecular formula is C13H20FNO3. The normalized spacial score (nSPS) is 10.7. The van der Waals surface area contributed by atoms with Gasteiger partial charge in [-0.2, -0.15) is 0 Å². The average Bonchev–Trinajstić information content (AvgIpc) is 2.29. The van der Waals surface area contributed by atoms with Gasteiger partial charge in [-0.3, -0.25) is 0 Å². The van der Waals surface area contributed by atoms with E-state index in [0.717, 1.165) is 0 Å². The predicted molar refractivity (Wildman–Crippen MR) is 68.6 cm³/mol. The van der Waals surface area contributed by atoms with Gasteiger partial charge in [0.1, 0.15) is 12.4 Å². The van der Waals surface area contributed by atoms with E-state index in [0.29, 0.717) is 25.6 Å². The predicted octanol–water partition coefficient (Wildman–Crippen LogP) is 2.61. The van der Waals surface area contributed by atoms with Crippen molar-refractivity contribution in [3.05, 3.63) is 17.9 Å². The van der Waals surface area contributed by atoms with Gasteiger partial charge in [-0.25, -0.2) is 4.39 Å². The van der Waals surface area contributed by atoms with Crippen LogP contribution < -0.4 is 15.2 Å². The molecule has 0 saturated carbocycles. The first kappa shape index (κ1) is 14.6. The smallest absolute Gasteiger partial charge is 0.167 e. The number of hydrogen-bond donors (Lipinski definition) is 1. The highest BCUT2D eigenvalue weighted by molar-refractivity contribution is 5.56. The number of hydrogen-bond acceptors (Lipinski definition) is 4. The van der Waals surface area contributed by atoms with Gasteiger partial charge in [-0.1, -0.05) is 0 Å². The number of benzene rings is 1. The first-order chi connectivity index (χ1) is 8.54. The monoisotopic (exact) mass is 257 g/mol. The van der Waals surface area contributed by atoms with E-state index in [1.807, 2.05) is 20.8 Å². The quantitative estimate of drug-likeness (QED) is 0.602. The summed E-state index contributed by atoms with van der Waals surface area (Å²) in [5.41, 5.74) is 5.92. The van der Waals surface area contributed by atoms with E-state index < -0.39 is 5.82 Å². The lowest BCUT2D eigenvalue weighted by Gasteiger charge is -2.14. The van der Waals surface area contributed by atoms with Gasteiger partial charge in [0.2, 0.25) is 0 Å². The number of anilines is 1. The van der Waals surface area contributed by atoms with Crippen LogP contribution in [0.2, 0.25) is 0 Å². The topological polar surface area (TPSA) is 53.7 Å². The lowest BCUT2D eigenvalue weighted by Crippen LogP contribution is -2.10. The largest absolute Gasteiger partial charge is 0.489 e. The van der Waals surface area contributed by atoms with Gasteiger partial charge in [0.15, 0.2) is 11.6 Å². The van der Waals surface area contributed by atoms with E-state index in [1.54, 1.807) is 0 Å². The van der Waals surface area contributed by atoms with E-state index in [4.69, 9.17) is 19.9 Å². The van der Waals surface area contributed by atoms with E-state index in [2.05, 4.69) is 0 Å². The molecule has 0 bridgehead atoms. The minimum absolute atomic E-state index is 0.112. The lowest BCUT2D eigenvalue weighted by atomic mass is 10.2. The molecule has 0 radical (unpaired) electrons. The fourth-order valence-corrected chi connectivity index (χ4v) is 1.37.